The molecule has 4 N–H and O–H groups in total. The maximum atomic E-state index is 12.0. The predicted octanol–water partition coefficient (Wildman–Crippen LogP) is 1.07. The molecule has 33 heavy (non-hydrogen) atoms. The number of carbonyl (C=O) groups is 5. The number of amides is 1. The van der Waals surface area contributed by atoms with Crippen molar-refractivity contribution in [2.75, 3.05) is 0 Å². The minimum atomic E-state index is -1.43. The van der Waals surface area contributed by atoms with Gasteiger partial charge in [-0.3, -0.25) is 9.59 Å². The number of carbonyl (C=O) groups excluding carboxylic acids is 4. The number of aliphatic carboxylic acids is 1. The van der Waals surface area contributed by atoms with Crippen molar-refractivity contribution >= 4 is 47.0 Å². The van der Waals surface area contributed by atoms with E-state index in [1.54, 1.807) is 13.8 Å². The normalized spacial score (nSPS) is 17.1. The first-order valence-corrected chi connectivity index (χ1v) is 9.67. The van der Waals surface area contributed by atoms with Crippen LogP contribution < -0.4 is 20.5 Å². The van der Waals surface area contributed by atoms with Crippen molar-refractivity contribution in [3.63, 3.8) is 0 Å². The van der Waals surface area contributed by atoms with E-state index < -0.39 is 54.3 Å². The van der Waals surface area contributed by atoms with Gasteiger partial charge in [-0.1, -0.05) is 19.9 Å². The van der Waals surface area contributed by atoms with Crippen LogP contribution in [0.3, 0.4) is 0 Å². The van der Waals surface area contributed by atoms with Crippen molar-refractivity contribution < 1.29 is 48.0 Å². The lowest BCUT2D eigenvalue weighted by atomic mass is 10.1. The summed E-state index contributed by atoms with van der Waals surface area (Å²) in [6, 6.07) is 1.44. The van der Waals surface area contributed by atoms with Gasteiger partial charge in [-0.2, -0.15) is 0 Å². The Labute approximate surface area is 199 Å². The number of carboxylic acid groups (broad SMARTS) is 1. The summed E-state index contributed by atoms with van der Waals surface area (Å²) in [5, 5.41) is 11.6. The van der Waals surface area contributed by atoms with Gasteiger partial charge < -0.3 is 35.1 Å². The first-order chi connectivity index (χ1) is 15.0. The van der Waals surface area contributed by atoms with E-state index in [1.807, 2.05) is 0 Å². The van der Waals surface area contributed by atoms with E-state index in [1.165, 1.54) is 25.1 Å². The lowest BCUT2D eigenvalue weighted by molar-refractivity contribution is -0.169. The lowest BCUT2D eigenvalue weighted by Crippen LogP contribution is -2.44. The maximum absolute atomic E-state index is 12.0. The first kappa shape index (κ1) is 27.8. The number of carboxylic acids is 1. The Kier molecular flexibility index (Phi) is 10.3. The molecule has 0 fully saturated rings. The second kappa shape index (κ2) is 12.2. The van der Waals surface area contributed by atoms with E-state index in [9.17, 15) is 29.1 Å². The number of benzene rings is 1. The third-order valence-electron chi connectivity index (χ3n) is 4.19. The summed E-state index contributed by atoms with van der Waals surface area (Å²) < 4.78 is 19.9. The lowest BCUT2D eigenvalue weighted by Gasteiger charge is -2.20. The minimum Gasteiger partial charge on any atom is -0.480 e. The van der Waals surface area contributed by atoms with Crippen LogP contribution in [0.25, 0.3) is 0 Å². The van der Waals surface area contributed by atoms with Crippen molar-refractivity contribution in [2.24, 2.45) is 11.7 Å². The van der Waals surface area contributed by atoms with Gasteiger partial charge in [0.15, 0.2) is 11.5 Å². The highest BCUT2D eigenvalue weighted by Gasteiger charge is 2.28. The quantitative estimate of drug-likeness (QED) is 0.259. The summed E-state index contributed by atoms with van der Waals surface area (Å²) in [4.78, 5) is 58.8. The smallest absolute Gasteiger partial charge is 0.410 e. The molecule has 13 heteroatoms. The second-order valence-electron chi connectivity index (χ2n) is 7.29. The van der Waals surface area contributed by atoms with E-state index >= 15 is 0 Å². The van der Waals surface area contributed by atoms with Crippen LogP contribution in [-0.2, 0) is 35.1 Å². The molecule has 0 spiro atoms. The Morgan fingerprint density at radius 2 is 1.82 bits per heavy atom. The van der Waals surface area contributed by atoms with Crippen molar-refractivity contribution in [3.8, 4) is 11.5 Å². The topological polar surface area (TPSA) is 181 Å². The summed E-state index contributed by atoms with van der Waals surface area (Å²) >= 11 is 0. The van der Waals surface area contributed by atoms with Crippen LogP contribution in [0.2, 0.25) is 0 Å². The molecule has 182 valence electrons. The van der Waals surface area contributed by atoms with Crippen LogP contribution in [0, 0.1) is 5.92 Å². The molecule has 0 aliphatic carbocycles. The number of fused-ring (bicyclic) bond motifs is 1. The van der Waals surface area contributed by atoms with Gasteiger partial charge in [0, 0.05) is 13.3 Å². The molecule has 1 aliphatic rings. The molecule has 1 aromatic rings. The van der Waals surface area contributed by atoms with E-state index in [0.29, 0.717) is 5.56 Å². The van der Waals surface area contributed by atoms with Gasteiger partial charge in [-0.15, -0.1) is 17.0 Å². The molecule has 0 aromatic heterocycles. The Morgan fingerprint density at radius 3 is 2.42 bits per heavy atom. The van der Waals surface area contributed by atoms with Gasteiger partial charge in [-0.05, 0) is 17.7 Å². The molecule has 0 saturated heterocycles. The van der Waals surface area contributed by atoms with Gasteiger partial charge in [0.05, 0.1) is 12.3 Å². The molecule has 3 atom stereocenters. The number of alkyl carbamates (subject to hydrolysis) is 1. The SMILES string of the molecule is Br.CC(OC(=O)NC(Cc1ccc2c(c1)OC(=O)C(N)CC(=O)O2)C(=O)O)OC(=O)C(C)C. The highest BCUT2D eigenvalue weighted by atomic mass is 79.9. The monoisotopic (exact) mass is 532 g/mol. The molecule has 0 saturated carbocycles. The van der Waals surface area contributed by atoms with Crippen molar-refractivity contribution in [2.45, 2.75) is 52.0 Å². The van der Waals surface area contributed by atoms with Crippen LogP contribution >= 0.6 is 17.0 Å². The number of ether oxygens (including phenoxy) is 4. The van der Waals surface area contributed by atoms with Gasteiger partial charge >= 0.3 is 30.0 Å². The van der Waals surface area contributed by atoms with Gasteiger partial charge in [-0.25, -0.2) is 14.4 Å². The van der Waals surface area contributed by atoms with Crippen LogP contribution in [0.4, 0.5) is 4.79 Å². The van der Waals surface area contributed by atoms with E-state index in [2.05, 4.69) is 5.32 Å². The summed E-state index contributed by atoms with van der Waals surface area (Å²) in [6.45, 7) is 4.51. The van der Waals surface area contributed by atoms with Gasteiger partial charge in [0.25, 0.3) is 0 Å². The number of nitrogens with two attached hydrogens (primary N) is 1. The fourth-order valence-corrected chi connectivity index (χ4v) is 2.54. The van der Waals surface area contributed by atoms with Crippen molar-refractivity contribution in [1.82, 2.24) is 5.32 Å². The summed E-state index contributed by atoms with van der Waals surface area (Å²) in [6.07, 6.45) is -2.92. The molecule has 1 aromatic carbocycles. The third-order valence-corrected chi connectivity index (χ3v) is 4.19. The molecule has 1 amide bonds. The largest absolute Gasteiger partial charge is 0.480 e. The highest BCUT2D eigenvalue weighted by Crippen LogP contribution is 2.31. The maximum Gasteiger partial charge on any atom is 0.410 e. The van der Waals surface area contributed by atoms with Crippen molar-refractivity contribution in [1.29, 1.82) is 0 Å². The van der Waals surface area contributed by atoms with E-state index in [0.717, 1.165) is 0 Å². The van der Waals surface area contributed by atoms with Gasteiger partial charge in [0.2, 0.25) is 6.29 Å². The molecule has 3 unspecified atom stereocenters. The number of halogens is 1. The molecule has 1 aliphatic heterocycles. The molecular weight excluding hydrogens is 508 g/mol. The fourth-order valence-electron chi connectivity index (χ4n) is 2.54. The predicted molar refractivity (Wildman–Crippen MR) is 116 cm³/mol. The second-order valence-corrected chi connectivity index (χ2v) is 7.29. The highest BCUT2D eigenvalue weighted by molar-refractivity contribution is 8.93. The first-order valence-electron chi connectivity index (χ1n) is 9.67. The zero-order chi connectivity index (χ0) is 24.0. The molecule has 0 radical (unpaired) electrons. The van der Waals surface area contributed by atoms with Crippen molar-refractivity contribution in [3.05, 3.63) is 23.8 Å². The van der Waals surface area contributed by atoms with Crippen LogP contribution in [0.15, 0.2) is 18.2 Å². The Bertz CT molecular complexity index is 920. The van der Waals surface area contributed by atoms with Gasteiger partial charge in [0.1, 0.15) is 12.1 Å². The summed E-state index contributed by atoms with van der Waals surface area (Å²) in [5.74, 6) is -4.10. The van der Waals surface area contributed by atoms with Crippen LogP contribution in [-0.4, -0.2) is 53.5 Å². The molecule has 0 bridgehead atoms. The molecular formula is C20H25BrN2O10. The Morgan fingerprint density at radius 1 is 1.15 bits per heavy atom. The van der Waals surface area contributed by atoms with E-state index in [-0.39, 0.29) is 41.3 Å². The third kappa shape index (κ3) is 8.35. The zero-order valence-corrected chi connectivity index (χ0v) is 19.8. The Hall–Kier alpha value is -3.19. The summed E-state index contributed by atoms with van der Waals surface area (Å²) in [5.41, 5.74) is 5.89. The van der Waals surface area contributed by atoms with E-state index in [4.69, 9.17) is 24.7 Å². The number of hydrogen-bond acceptors (Lipinski definition) is 10. The summed E-state index contributed by atoms with van der Waals surface area (Å²) in [7, 11) is 0. The standard InChI is InChI=1S/C20H24N2O10.BrH/c1-9(2)18(26)29-10(3)30-20(28)22-13(17(24)25)6-11-4-5-14-15(7-11)32-19(27)12(21)8-16(23)31-14;/h4-5,7,9-10,12-13H,6,8,21H2,1-3H3,(H,22,28)(H,24,25);1H. The zero-order valence-electron chi connectivity index (χ0n) is 18.1. The van der Waals surface area contributed by atoms with Crippen LogP contribution in [0.1, 0.15) is 32.8 Å². The molecule has 12 nitrogen and oxygen atoms in total. The number of hydrogen-bond donors (Lipinski definition) is 3. The molecule has 1 heterocycles. The average Bonchev–Trinajstić information content (AvgIpc) is 2.67. The fraction of sp³-hybridized carbons (Fsp3) is 0.450. The average molecular weight is 533 g/mol. The minimum absolute atomic E-state index is 0. The number of esters is 3. The number of nitrogens with one attached hydrogen (secondary N) is 1. The van der Waals surface area contributed by atoms with Crippen LogP contribution in [0.5, 0.6) is 11.5 Å². The Balaban J connectivity index is 0.00000544. The number of rotatable bonds is 7. The molecule has 2 rings (SSSR count).